The van der Waals surface area contributed by atoms with Crippen molar-refractivity contribution in [2.24, 2.45) is 0 Å². The molecule has 1 heterocycles. The van der Waals surface area contributed by atoms with E-state index in [2.05, 4.69) is 21.2 Å². The maximum atomic E-state index is 13.8. The molecule has 0 aromatic heterocycles. The Morgan fingerprint density at radius 1 is 1.29 bits per heavy atom. The minimum absolute atomic E-state index is 0.00712. The lowest BCUT2D eigenvalue weighted by Crippen LogP contribution is -2.42. The topological polar surface area (TPSA) is 64.6 Å². The number of nitrogens with one attached hydrogen (secondary N) is 1. The Hall–Kier alpha value is -1.60. The van der Waals surface area contributed by atoms with Gasteiger partial charge in [0, 0.05) is 24.5 Å². The molecule has 1 aromatic rings. The zero-order valence-electron chi connectivity index (χ0n) is 11.0. The number of carbonyl (C=O) groups excluding carboxylic acids is 2. The molecule has 0 bridgehead atoms. The fraction of sp³-hybridized carbons (Fsp3) is 0.231. The van der Waals surface area contributed by atoms with Crippen molar-refractivity contribution in [1.29, 1.82) is 0 Å². The highest BCUT2D eigenvalue weighted by Crippen LogP contribution is 2.28. The number of anilines is 1. The van der Waals surface area contributed by atoms with Crippen LogP contribution in [0.2, 0.25) is 5.02 Å². The lowest BCUT2D eigenvalue weighted by atomic mass is 10.2. The van der Waals surface area contributed by atoms with Crippen LogP contribution in [-0.2, 0) is 19.1 Å². The molecular weight excluding hydrogens is 369 g/mol. The van der Waals surface area contributed by atoms with Gasteiger partial charge < -0.3 is 14.8 Å². The molecule has 1 fully saturated rings. The zero-order chi connectivity index (χ0) is 15.8. The molecule has 0 aliphatic carbocycles. The molecule has 0 radical (unpaired) electrons. The zero-order valence-corrected chi connectivity index (χ0v) is 13.3. The number of hydrogen-bond donors (Lipinski definition) is 1. The predicted molar refractivity (Wildman–Crippen MR) is 77.1 cm³/mol. The van der Waals surface area contributed by atoms with Crippen molar-refractivity contribution in [2.75, 3.05) is 5.32 Å². The molecule has 0 spiro atoms. The van der Waals surface area contributed by atoms with Crippen LogP contribution in [-0.4, -0.2) is 17.7 Å². The highest BCUT2D eigenvalue weighted by molar-refractivity contribution is 9.10. The Kier molecular flexibility index (Phi) is 4.25. The average Bonchev–Trinajstić information content (AvgIpc) is 2.32. The summed E-state index contributed by atoms with van der Waals surface area (Å²) in [5.74, 6) is -3.75. The Morgan fingerprint density at radius 2 is 1.86 bits per heavy atom. The van der Waals surface area contributed by atoms with Gasteiger partial charge >= 0.3 is 11.9 Å². The van der Waals surface area contributed by atoms with Crippen LogP contribution in [0.15, 0.2) is 28.4 Å². The van der Waals surface area contributed by atoms with Crippen LogP contribution in [0.4, 0.5) is 10.1 Å². The third kappa shape index (κ3) is 3.54. The van der Waals surface area contributed by atoms with Crippen LogP contribution >= 0.6 is 27.5 Å². The summed E-state index contributed by atoms with van der Waals surface area (Å²) in [5, 5.41) is 2.39. The van der Waals surface area contributed by atoms with Crippen LogP contribution in [0.3, 0.4) is 0 Å². The van der Waals surface area contributed by atoms with Crippen LogP contribution in [0, 0.1) is 5.82 Å². The van der Waals surface area contributed by atoms with Crippen molar-refractivity contribution >= 4 is 45.2 Å². The fourth-order valence-corrected chi connectivity index (χ4v) is 2.40. The van der Waals surface area contributed by atoms with Gasteiger partial charge in [-0.1, -0.05) is 27.5 Å². The number of cyclic esters (lactones) is 2. The van der Waals surface area contributed by atoms with E-state index in [9.17, 15) is 14.0 Å². The van der Waals surface area contributed by atoms with E-state index in [1.165, 1.54) is 26.0 Å². The van der Waals surface area contributed by atoms with E-state index in [-0.39, 0.29) is 16.3 Å². The molecule has 0 unspecified atom stereocenters. The van der Waals surface area contributed by atoms with Crippen molar-refractivity contribution < 1.29 is 23.5 Å². The monoisotopic (exact) mass is 377 g/mol. The number of ether oxygens (including phenoxy) is 2. The first-order valence-electron chi connectivity index (χ1n) is 5.77. The molecule has 2 rings (SSSR count). The number of esters is 2. The Balaban J connectivity index is 2.26. The maximum Gasteiger partial charge on any atom is 0.350 e. The summed E-state index contributed by atoms with van der Waals surface area (Å²) < 4.78 is 24.1. The Morgan fingerprint density at radius 3 is 2.43 bits per heavy atom. The van der Waals surface area contributed by atoms with Gasteiger partial charge in [-0.2, -0.15) is 0 Å². The second-order valence-corrected chi connectivity index (χ2v) is 5.95. The van der Waals surface area contributed by atoms with Crippen LogP contribution in [0.1, 0.15) is 13.8 Å². The second kappa shape index (κ2) is 5.65. The Bertz CT molecular complexity index is 638. The van der Waals surface area contributed by atoms with Gasteiger partial charge in [0.15, 0.2) is 11.4 Å². The molecule has 0 saturated carbocycles. The van der Waals surface area contributed by atoms with Crippen molar-refractivity contribution in [3.8, 4) is 0 Å². The summed E-state index contributed by atoms with van der Waals surface area (Å²) in [7, 11) is 0. The van der Waals surface area contributed by atoms with Gasteiger partial charge in [-0.25, -0.2) is 14.0 Å². The molecule has 112 valence electrons. The summed E-state index contributed by atoms with van der Waals surface area (Å²) in [6, 6.07) is 2.78. The van der Waals surface area contributed by atoms with Crippen LogP contribution in [0.25, 0.3) is 0 Å². The summed E-state index contributed by atoms with van der Waals surface area (Å²) in [6.07, 6.45) is 1.01. The molecule has 5 nitrogen and oxygen atoms in total. The van der Waals surface area contributed by atoms with E-state index in [0.717, 1.165) is 6.20 Å². The molecule has 1 aromatic carbocycles. The van der Waals surface area contributed by atoms with E-state index in [1.807, 2.05) is 0 Å². The molecule has 1 saturated heterocycles. The maximum absolute atomic E-state index is 13.8. The predicted octanol–water partition coefficient (Wildman–Crippen LogP) is 3.37. The Labute approximate surface area is 133 Å². The van der Waals surface area contributed by atoms with E-state index in [1.54, 1.807) is 0 Å². The van der Waals surface area contributed by atoms with Crippen LogP contribution in [0.5, 0.6) is 0 Å². The number of hydrogen-bond acceptors (Lipinski definition) is 5. The second-order valence-electron chi connectivity index (χ2n) is 4.63. The molecule has 8 heteroatoms. The summed E-state index contributed by atoms with van der Waals surface area (Å²) in [5.41, 5.74) is -0.378. The molecule has 0 atom stereocenters. The first-order valence-corrected chi connectivity index (χ1v) is 6.94. The largest absolute Gasteiger partial charge is 0.419 e. The van der Waals surface area contributed by atoms with Gasteiger partial charge in [-0.05, 0) is 12.1 Å². The third-order valence-electron chi connectivity index (χ3n) is 2.48. The normalized spacial score (nSPS) is 17.1. The van der Waals surface area contributed by atoms with E-state index >= 15 is 0 Å². The molecule has 1 N–H and O–H groups in total. The lowest BCUT2D eigenvalue weighted by molar-refractivity contribution is -0.222. The van der Waals surface area contributed by atoms with Crippen molar-refractivity contribution in [3.05, 3.63) is 39.2 Å². The quantitative estimate of drug-likeness (QED) is 0.370. The number of halogens is 3. The highest BCUT2D eigenvalue weighted by Gasteiger charge is 2.38. The number of carbonyl (C=O) groups is 2. The van der Waals surface area contributed by atoms with Gasteiger partial charge in [0.2, 0.25) is 0 Å². The number of rotatable bonds is 2. The van der Waals surface area contributed by atoms with Crippen molar-refractivity contribution in [2.45, 2.75) is 19.6 Å². The van der Waals surface area contributed by atoms with E-state index < -0.39 is 23.5 Å². The summed E-state index contributed by atoms with van der Waals surface area (Å²) in [6.45, 7) is 2.86. The standard InChI is InChI=1S/C13H10BrClFNO4/c1-13(2)20-11(18)7(12(19)21-13)5-17-9-4-6(14)3-8(15)10(9)16/h3-5,17H,1-2H3. The van der Waals surface area contributed by atoms with Gasteiger partial charge in [0.1, 0.15) is 0 Å². The smallest absolute Gasteiger partial charge is 0.350 e. The lowest BCUT2D eigenvalue weighted by Gasteiger charge is -2.29. The van der Waals surface area contributed by atoms with Gasteiger partial charge in [0.25, 0.3) is 5.79 Å². The van der Waals surface area contributed by atoms with Gasteiger partial charge in [-0.15, -0.1) is 0 Å². The van der Waals surface area contributed by atoms with Gasteiger partial charge in [0.05, 0.1) is 10.7 Å². The molecular formula is C13H10BrClFNO4. The third-order valence-corrected chi connectivity index (χ3v) is 3.21. The average molecular weight is 379 g/mol. The first kappa shape index (κ1) is 15.8. The number of benzene rings is 1. The van der Waals surface area contributed by atoms with E-state index in [4.69, 9.17) is 21.1 Å². The first-order chi connectivity index (χ1) is 9.69. The molecule has 1 aliphatic heterocycles. The minimum atomic E-state index is -1.32. The molecule has 1 aliphatic rings. The summed E-state index contributed by atoms with van der Waals surface area (Å²) >= 11 is 8.84. The van der Waals surface area contributed by atoms with Crippen molar-refractivity contribution in [1.82, 2.24) is 0 Å². The molecule has 0 amide bonds. The molecule has 21 heavy (non-hydrogen) atoms. The summed E-state index contributed by atoms with van der Waals surface area (Å²) in [4.78, 5) is 23.4. The van der Waals surface area contributed by atoms with Crippen LogP contribution < -0.4 is 5.32 Å². The minimum Gasteiger partial charge on any atom is -0.419 e. The fourth-order valence-electron chi connectivity index (χ4n) is 1.59. The van der Waals surface area contributed by atoms with Crippen molar-refractivity contribution in [3.63, 3.8) is 0 Å². The highest BCUT2D eigenvalue weighted by atomic mass is 79.9. The van der Waals surface area contributed by atoms with Gasteiger partial charge in [-0.3, -0.25) is 0 Å². The SMILES string of the molecule is CC1(C)OC(=O)C(=CNc2cc(Br)cc(Cl)c2F)C(=O)O1. The van der Waals surface area contributed by atoms with E-state index in [0.29, 0.717) is 4.47 Å².